The van der Waals surface area contributed by atoms with Crippen LogP contribution in [-0.2, 0) is 9.53 Å². The monoisotopic (exact) mass is 228 g/mol. The molecule has 0 spiro atoms. The Kier molecular flexibility index (Phi) is 4.74. The van der Waals surface area contributed by atoms with E-state index in [-0.39, 0.29) is 11.5 Å². The van der Waals surface area contributed by atoms with E-state index in [1.54, 1.807) is 7.11 Å². The molecule has 1 amide bonds. The molecule has 0 aromatic carbocycles. The number of hydrogen-bond donors (Lipinski definition) is 1. The highest BCUT2D eigenvalue weighted by Crippen LogP contribution is 2.20. The summed E-state index contributed by atoms with van der Waals surface area (Å²) in [6.45, 7) is 6.68. The first kappa shape index (κ1) is 13.5. The standard InChI is InChI=1S/C12H24N2O2/c1-12(2,16-4)7-11(15)14-6-5-10(9-14)8-13-3/h10,13H,5-9H2,1-4H3. The molecular weight excluding hydrogens is 204 g/mol. The zero-order chi connectivity index (χ0) is 12.2. The number of hydrogen-bond acceptors (Lipinski definition) is 3. The van der Waals surface area contributed by atoms with Crippen LogP contribution in [0, 0.1) is 5.92 Å². The van der Waals surface area contributed by atoms with Gasteiger partial charge in [-0.25, -0.2) is 0 Å². The van der Waals surface area contributed by atoms with Gasteiger partial charge in [0.2, 0.25) is 5.91 Å². The second-order valence-electron chi connectivity index (χ2n) is 5.19. The van der Waals surface area contributed by atoms with Crippen molar-refractivity contribution in [2.24, 2.45) is 5.92 Å². The van der Waals surface area contributed by atoms with E-state index in [0.717, 1.165) is 26.1 Å². The normalized spacial score (nSPS) is 21.5. The third-order valence-electron chi connectivity index (χ3n) is 3.26. The van der Waals surface area contributed by atoms with Crippen molar-refractivity contribution in [3.05, 3.63) is 0 Å². The molecule has 1 aliphatic heterocycles. The van der Waals surface area contributed by atoms with Crippen molar-refractivity contribution in [1.29, 1.82) is 0 Å². The molecule has 4 nitrogen and oxygen atoms in total. The quantitative estimate of drug-likeness (QED) is 0.759. The van der Waals surface area contributed by atoms with Gasteiger partial charge in [-0.1, -0.05) is 0 Å². The van der Waals surface area contributed by atoms with E-state index in [1.165, 1.54) is 0 Å². The molecule has 1 aliphatic rings. The van der Waals surface area contributed by atoms with Crippen LogP contribution in [0.1, 0.15) is 26.7 Å². The first-order chi connectivity index (χ1) is 7.48. The van der Waals surface area contributed by atoms with Crippen LogP contribution in [0.5, 0.6) is 0 Å². The second-order valence-corrected chi connectivity index (χ2v) is 5.19. The molecule has 16 heavy (non-hydrogen) atoms. The number of nitrogens with zero attached hydrogens (tertiary/aromatic N) is 1. The van der Waals surface area contributed by atoms with E-state index in [4.69, 9.17) is 4.74 Å². The number of ether oxygens (including phenoxy) is 1. The van der Waals surface area contributed by atoms with Gasteiger partial charge in [0.05, 0.1) is 12.0 Å². The third-order valence-corrected chi connectivity index (χ3v) is 3.26. The molecule has 0 aliphatic carbocycles. The predicted octanol–water partition coefficient (Wildman–Crippen LogP) is 0.869. The summed E-state index contributed by atoms with van der Waals surface area (Å²) in [4.78, 5) is 14.0. The van der Waals surface area contributed by atoms with Crippen LogP contribution in [0.2, 0.25) is 0 Å². The van der Waals surface area contributed by atoms with E-state index >= 15 is 0 Å². The minimum atomic E-state index is -0.349. The molecule has 94 valence electrons. The highest BCUT2D eigenvalue weighted by Gasteiger charge is 2.29. The Morgan fingerprint density at radius 1 is 1.56 bits per heavy atom. The molecule has 1 rings (SSSR count). The highest BCUT2D eigenvalue weighted by molar-refractivity contribution is 5.77. The Morgan fingerprint density at radius 2 is 2.25 bits per heavy atom. The molecular formula is C12H24N2O2. The summed E-state index contributed by atoms with van der Waals surface area (Å²) in [5, 5.41) is 3.17. The molecule has 0 radical (unpaired) electrons. The minimum Gasteiger partial charge on any atom is -0.378 e. The lowest BCUT2D eigenvalue weighted by atomic mass is 10.0. The Bertz CT molecular complexity index is 241. The van der Waals surface area contributed by atoms with Crippen molar-refractivity contribution in [3.63, 3.8) is 0 Å². The van der Waals surface area contributed by atoms with E-state index < -0.39 is 0 Å². The second kappa shape index (κ2) is 5.64. The average molecular weight is 228 g/mol. The van der Waals surface area contributed by atoms with Crippen LogP contribution >= 0.6 is 0 Å². The smallest absolute Gasteiger partial charge is 0.225 e. The largest absolute Gasteiger partial charge is 0.378 e. The van der Waals surface area contributed by atoms with Gasteiger partial charge in [-0.3, -0.25) is 4.79 Å². The first-order valence-corrected chi connectivity index (χ1v) is 5.96. The summed E-state index contributed by atoms with van der Waals surface area (Å²) in [5.74, 6) is 0.824. The minimum absolute atomic E-state index is 0.213. The average Bonchev–Trinajstić information content (AvgIpc) is 2.66. The van der Waals surface area contributed by atoms with Crippen molar-refractivity contribution in [1.82, 2.24) is 10.2 Å². The SMILES string of the molecule is CNCC1CCN(C(=O)CC(C)(C)OC)C1. The molecule has 1 atom stereocenters. The maximum absolute atomic E-state index is 12.0. The number of likely N-dealkylation sites (tertiary alicyclic amines) is 1. The molecule has 1 unspecified atom stereocenters. The van der Waals surface area contributed by atoms with Crippen molar-refractivity contribution >= 4 is 5.91 Å². The van der Waals surface area contributed by atoms with Crippen LogP contribution < -0.4 is 5.32 Å². The summed E-state index contributed by atoms with van der Waals surface area (Å²) < 4.78 is 5.28. The van der Waals surface area contributed by atoms with Gasteiger partial charge in [0.25, 0.3) is 0 Å². The van der Waals surface area contributed by atoms with Gasteiger partial charge in [0, 0.05) is 20.2 Å². The molecule has 0 saturated carbocycles. The first-order valence-electron chi connectivity index (χ1n) is 5.96. The maximum Gasteiger partial charge on any atom is 0.225 e. The zero-order valence-electron chi connectivity index (χ0n) is 10.9. The van der Waals surface area contributed by atoms with E-state index in [0.29, 0.717) is 12.3 Å². The van der Waals surface area contributed by atoms with Crippen LogP contribution in [0.25, 0.3) is 0 Å². The van der Waals surface area contributed by atoms with Gasteiger partial charge in [-0.15, -0.1) is 0 Å². The lowest BCUT2D eigenvalue weighted by Gasteiger charge is -2.25. The fourth-order valence-corrected chi connectivity index (χ4v) is 2.06. The molecule has 1 saturated heterocycles. The van der Waals surface area contributed by atoms with E-state index in [1.807, 2.05) is 25.8 Å². The molecule has 0 bridgehead atoms. The van der Waals surface area contributed by atoms with Gasteiger partial charge in [0.1, 0.15) is 0 Å². The number of methoxy groups -OCH3 is 1. The van der Waals surface area contributed by atoms with Crippen molar-refractivity contribution in [2.75, 3.05) is 33.8 Å². The van der Waals surface area contributed by atoms with Gasteiger partial charge in [0.15, 0.2) is 0 Å². The van der Waals surface area contributed by atoms with E-state index in [2.05, 4.69) is 5.32 Å². The molecule has 1 N–H and O–H groups in total. The van der Waals surface area contributed by atoms with Gasteiger partial charge < -0.3 is 15.0 Å². The Hall–Kier alpha value is -0.610. The number of rotatable bonds is 5. The summed E-state index contributed by atoms with van der Waals surface area (Å²) in [6, 6.07) is 0. The number of carbonyl (C=O) groups is 1. The van der Waals surface area contributed by atoms with Gasteiger partial charge in [-0.2, -0.15) is 0 Å². The fourth-order valence-electron chi connectivity index (χ4n) is 2.06. The lowest BCUT2D eigenvalue weighted by molar-refractivity contribution is -0.135. The summed E-state index contributed by atoms with van der Waals surface area (Å²) in [7, 11) is 3.61. The topological polar surface area (TPSA) is 41.6 Å². The molecule has 0 aromatic heterocycles. The van der Waals surface area contributed by atoms with Gasteiger partial charge in [-0.05, 0) is 39.8 Å². The van der Waals surface area contributed by atoms with Crippen LogP contribution in [-0.4, -0.2) is 50.2 Å². The third kappa shape index (κ3) is 3.76. The Morgan fingerprint density at radius 3 is 2.81 bits per heavy atom. The zero-order valence-corrected chi connectivity index (χ0v) is 10.9. The fraction of sp³-hybridized carbons (Fsp3) is 0.917. The summed E-state index contributed by atoms with van der Waals surface area (Å²) in [5.41, 5.74) is -0.349. The molecule has 1 fully saturated rings. The Balaban J connectivity index is 2.39. The van der Waals surface area contributed by atoms with Crippen LogP contribution in [0.4, 0.5) is 0 Å². The predicted molar refractivity (Wildman–Crippen MR) is 64.3 cm³/mol. The van der Waals surface area contributed by atoms with E-state index in [9.17, 15) is 4.79 Å². The summed E-state index contributed by atoms with van der Waals surface area (Å²) in [6.07, 6.45) is 1.58. The molecule has 1 heterocycles. The molecule has 0 aromatic rings. The Labute approximate surface area is 98.3 Å². The maximum atomic E-state index is 12.0. The van der Waals surface area contributed by atoms with Crippen LogP contribution in [0.3, 0.4) is 0 Å². The summed E-state index contributed by atoms with van der Waals surface area (Å²) >= 11 is 0. The van der Waals surface area contributed by atoms with Crippen molar-refractivity contribution in [2.45, 2.75) is 32.3 Å². The van der Waals surface area contributed by atoms with Crippen molar-refractivity contribution in [3.8, 4) is 0 Å². The number of nitrogens with one attached hydrogen (secondary N) is 1. The lowest BCUT2D eigenvalue weighted by Crippen LogP contribution is -2.36. The molecule has 4 heteroatoms. The van der Waals surface area contributed by atoms with Crippen molar-refractivity contribution < 1.29 is 9.53 Å². The number of amides is 1. The number of carbonyl (C=O) groups excluding carboxylic acids is 1. The van der Waals surface area contributed by atoms with Crippen LogP contribution in [0.15, 0.2) is 0 Å². The highest BCUT2D eigenvalue weighted by atomic mass is 16.5. The van der Waals surface area contributed by atoms with Gasteiger partial charge >= 0.3 is 0 Å².